The summed E-state index contributed by atoms with van der Waals surface area (Å²) in [5.41, 5.74) is 12.2. The van der Waals surface area contributed by atoms with E-state index in [1.54, 1.807) is 4.91 Å². The molecule has 0 aliphatic rings. The second kappa shape index (κ2) is 31.1. The second-order valence-corrected chi connectivity index (χ2v) is 0.400. The molecule has 0 saturated heterocycles. The first-order valence-electron chi connectivity index (χ1n) is 0.871. The van der Waals surface area contributed by atoms with E-state index < -0.39 is 0 Å². The van der Waals surface area contributed by atoms with Crippen LogP contribution in [0.3, 0.4) is 0 Å². The van der Waals surface area contributed by atoms with Gasteiger partial charge in [-0.3, -0.25) is 0 Å². The van der Waals surface area contributed by atoms with Crippen molar-refractivity contribution in [3.8, 4) is 5.40 Å². The van der Waals surface area contributed by atoms with Gasteiger partial charge in [0.25, 0.3) is 0 Å². The van der Waals surface area contributed by atoms with Crippen molar-refractivity contribution >= 4 is 12.6 Å². The average molecular weight is 102 g/mol. The largest absolute Gasteiger partial charge is 0.185 e. The predicted octanol–water partition coefficient (Wildman–Crippen LogP) is 1.27. The molecular formula is CH2N4S. The molecular weight excluding hydrogens is 100 g/mol. The van der Waals surface area contributed by atoms with Crippen LogP contribution in [0.1, 0.15) is 0 Å². The fourth-order valence-electron chi connectivity index (χ4n) is 0. The summed E-state index contributed by atoms with van der Waals surface area (Å²) in [7, 11) is 0. The summed E-state index contributed by atoms with van der Waals surface area (Å²) in [6.45, 7) is 0. The van der Waals surface area contributed by atoms with Gasteiger partial charge >= 0.3 is 0 Å². The van der Waals surface area contributed by atoms with Crippen molar-refractivity contribution in [2.75, 3.05) is 0 Å². The molecule has 5 heteroatoms. The number of rotatable bonds is 0. The summed E-state index contributed by atoms with van der Waals surface area (Å²) in [6.07, 6.45) is 0. The Hall–Kier alpha value is -0.850. The van der Waals surface area contributed by atoms with E-state index in [4.69, 9.17) is 16.3 Å². The summed E-state index contributed by atoms with van der Waals surface area (Å²) in [4.78, 5) is 1.75. The Morgan fingerprint density at radius 3 is 2.00 bits per heavy atom. The Morgan fingerprint density at radius 1 is 2.00 bits per heavy atom. The first-order valence-corrected chi connectivity index (χ1v) is 1.32. The fourth-order valence-corrected chi connectivity index (χ4v) is 0. The number of thiocyanates is 1. The SMILES string of the molecule is N#CS.[N-]=[N+]=N. The highest BCUT2D eigenvalue weighted by molar-refractivity contribution is 7.85. The molecule has 0 amide bonds. The van der Waals surface area contributed by atoms with E-state index in [1.165, 1.54) is 5.40 Å². The molecule has 0 spiro atoms. The summed E-state index contributed by atoms with van der Waals surface area (Å²) in [5.74, 6) is 0. The molecule has 0 aliphatic heterocycles. The van der Waals surface area contributed by atoms with E-state index in [2.05, 4.69) is 12.6 Å². The molecule has 0 bridgehead atoms. The van der Waals surface area contributed by atoms with Crippen LogP contribution in [0.4, 0.5) is 0 Å². The van der Waals surface area contributed by atoms with E-state index in [0.717, 1.165) is 0 Å². The van der Waals surface area contributed by atoms with Crippen LogP contribution < -0.4 is 0 Å². The highest BCUT2D eigenvalue weighted by atomic mass is 32.1. The van der Waals surface area contributed by atoms with Gasteiger partial charge in [-0.2, -0.15) is 5.26 Å². The number of hydrogen-bond acceptors (Lipinski definition) is 3. The van der Waals surface area contributed by atoms with Gasteiger partial charge < -0.3 is 0 Å². The minimum Gasteiger partial charge on any atom is -0.185 e. The van der Waals surface area contributed by atoms with Crippen molar-refractivity contribution in [1.29, 1.82) is 10.8 Å². The number of nitrogens with one attached hydrogen (secondary N) is 1. The van der Waals surface area contributed by atoms with Crippen molar-refractivity contribution in [3.63, 3.8) is 0 Å². The summed E-state index contributed by atoms with van der Waals surface area (Å²) in [6, 6.07) is 0. The van der Waals surface area contributed by atoms with Crippen molar-refractivity contribution in [2.24, 2.45) is 0 Å². The number of nitrogens with zero attached hydrogens (tertiary/aromatic N) is 3. The van der Waals surface area contributed by atoms with Gasteiger partial charge in [-0.15, -0.1) is 5.53 Å². The molecule has 0 aromatic carbocycles. The van der Waals surface area contributed by atoms with E-state index in [9.17, 15) is 0 Å². The van der Waals surface area contributed by atoms with Gasteiger partial charge in [0, 0.05) is 0 Å². The highest BCUT2D eigenvalue weighted by Gasteiger charge is 1.18. The lowest BCUT2D eigenvalue weighted by Crippen LogP contribution is -0.961. The molecule has 0 rings (SSSR count). The van der Waals surface area contributed by atoms with Gasteiger partial charge in [0.05, 0.1) is 0 Å². The maximum atomic E-state index is 7.18. The molecule has 0 aliphatic carbocycles. The number of hydrogen-bond donors (Lipinski definition) is 2. The molecule has 32 valence electrons. The Balaban J connectivity index is 0. The molecule has 0 atom stereocenters. The van der Waals surface area contributed by atoms with Crippen molar-refractivity contribution in [3.05, 3.63) is 10.4 Å². The lowest BCUT2D eigenvalue weighted by molar-refractivity contribution is 1.45. The van der Waals surface area contributed by atoms with Crippen molar-refractivity contribution < 1.29 is 0 Å². The summed E-state index contributed by atoms with van der Waals surface area (Å²) in [5, 5.41) is 8.63. The Bertz CT molecular complexity index is 74.0. The standard InChI is InChI=1S/CHNS.HN3/c2-1-3;1-3-2/h3H;1H. The zero-order valence-corrected chi connectivity index (χ0v) is 3.68. The first-order chi connectivity index (χ1) is 2.83. The van der Waals surface area contributed by atoms with E-state index in [1.807, 2.05) is 0 Å². The molecule has 0 heterocycles. The van der Waals surface area contributed by atoms with Crippen LogP contribution >= 0.6 is 12.6 Å². The average Bonchev–Trinajstić information content (AvgIpc) is 1.39. The summed E-state index contributed by atoms with van der Waals surface area (Å²) >= 11 is 3.09. The molecule has 0 radical (unpaired) electrons. The third-order valence-electron chi connectivity index (χ3n) is 0. The van der Waals surface area contributed by atoms with Gasteiger partial charge in [0.1, 0.15) is 5.40 Å². The van der Waals surface area contributed by atoms with Crippen LogP contribution in [0.2, 0.25) is 0 Å². The topological polar surface area (TPSA) is 84.0 Å². The van der Waals surface area contributed by atoms with Crippen LogP contribution in [0.15, 0.2) is 0 Å². The Labute approximate surface area is 40.2 Å². The Morgan fingerprint density at radius 2 is 2.00 bits per heavy atom. The molecule has 6 heavy (non-hydrogen) atoms. The third-order valence-corrected chi connectivity index (χ3v) is 0. The highest BCUT2D eigenvalue weighted by Crippen LogP contribution is 1.46. The molecule has 0 unspecified atom stereocenters. The number of thiol groups is 1. The lowest BCUT2D eigenvalue weighted by atomic mass is 11.8. The molecule has 0 saturated carbocycles. The molecule has 4 nitrogen and oxygen atoms in total. The zero-order chi connectivity index (χ0) is 5.41. The van der Waals surface area contributed by atoms with Crippen LogP contribution in [-0.4, -0.2) is 0 Å². The molecule has 0 aromatic heterocycles. The van der Waals surface area contributed by atoms with Crippen molar-refractivity contribution in [1.82, 2.24) is 0 Å². The fraction of sp³-hybridized carbons (Fsp3) is 0. The van der Waals surface area contributed by atoms with Crippen LogP contribution in [0.25, 0.3) is 10.4 Å². The molecule has 0 fully saturated rings. The minimum atomic E-state index is 1.44. The summed E-state index contributed by atoms with van der Waals surface area (Å²) < 4.78 is 0. The van der Waals surface area contributed by atoms with Crippen molar-refractivity contribution in [2.45, 2.75) is 0 Å². The normalized spacial score (nSPS) is 2.67. The lowest BCUT2D eigenvalue weighted by Gasteiger charge is -1.14. The first kappa shape index (κ1) is 8.94. The molecule has 1 N–H and O–H groups in total. The predicted molar refractivity (Wildman–Crippen MR) is 24.0 cm³/mol. The quantitative estimate of drug-likeness (QED) is 0.156. The van der Waals surface area contributed by atoms with E-state index >= 15 is 0 Å². The van der Waals surface area contributed by atoms with Gasteiger partial charge in [-0.25, -0.2) is 0 Å². The third kappa shape index (κ3) is 20.2. The monoisotopic (exact) mass is 102 g/mol. The van der Waals surface area contributed by atoms with Gasteiger partial charge in [-0.1, -0.05) is 12.6 Å². The zero-order valence-electron chi connectivity index (χ0n) is 2.79. The van der Waals surface area contributed by atoms with Crippen LogP contribution in [0, 0.1) is 16.2 Å². The van der Waals surface area contributed by atoms with Crippen LogP contribution in [0.5, 0.6) is 0 Å². The smallest absolute Gasteiger partial charge is 0.130 e. The van der Waals surface area contributed by atoms with Gasteiger partial charge in [0.15, 0.2) is 0 Å². The second-order valence-electron chi connectivity index (χ2n) is 0.200. The number of nitriles is 1. The maximum absolute atomic E-state index is 7.18. The van der Waals surface area contributed by atoms with E-state index in [-0.39, 0.29) is 0 Å². The van der Waals surface area contributed by atoms with Gasteiger partial charge in [0.2, 0.25) is 0 Å². The maximum Gasteiger partial charge on any atom is 0.130 e. The Kier molecular flexibility index (Phi) is 46.4. The van der Waals surface area contributed by atoms with Gasteiger partial charge in [-0.05, 0) is 10.4 Å². The molecule has 0 aromatic rings. The van der Waals surface area contributed by atoms with Crippen LogP contribution in [-0.2, 0) is 0 Å². The van der Waals surface area contributed by atoms with E-state index in [0.29, 0.717) is 0 Å². The minimum absolute atomic E-state index is 1.44.